The van der Waals surface area contributed by atoms with Crippen molar-refractivity contribution in [3.8, 4) is 0 Å². The molecule has 0 radical (unpaired) electrons. The Bertz CT molecular complexity index is 347. The summed E-state index contributed by atoms with van der Waals surface area (Å²) in [4.78, 5) is 11.1. The van der Waals surface area contributed by atoms with E-state index < -0.39 is 11.7 Å². The van der Waals surface area contributed by atoms with E-state index in [4.69, 9.17) is 4.74 Å². The van der Waals surface area contributed by atoms with E-state index in [2.05, 4.69) is 10.1 Å². The van der Waals surface area contributed by atoms with Gasteiger partial charge in [-0.05, 0) is 12.0 Å². The van der Waals surface area contributed by atoms with Crippen molar-refractivity contribution in [3.05, 3.63) is 35.9 Å². The lowest BCUT2D eigenvalue weighted by Crippen LogP contribution is -2.41. The zero-order valence-corrected chi connectivity index (χ0v) is 10.5. The molecule has 1 amide bonds. The highest BCUT2D eigenvalue weighted by Crippen LogP contribution is 2.27. The summed E-state index contributed by atoms with van der Waals surface area (Å²) < 4.78 is 10.2. The van der Waals surface area contributed by atoms with Crippen molar-refractivity contribution in [3.63, 3.8) is 0 Å². The van der Waals surface area contributed by atoms with Crippen LogP contribution >= 0.6 is 0 Å². The summed E-state index contributed by atoms with van der Waals surface area (Å²) in [6.45, 7) is 2.41. The SMILES string of the molecule is CC[C@](CNC(=O)OC)(OC)c1ccccc1. The second-order valence-electron chi connectivity index (χ2n) is 3.76. The fourth-order valence-corrected chi connectivity index (χ4v) is 1.79. The first-order chi connectivity index (χ1) is 8.18. The Morgan fingerprint density at radius 3 is 2.41 bits per heavy atom. The molecule has 0 saturated heterocycles. The summed E-state index contributed by atoms with van der Waals surface area (Å²) >= 11 is 0. The van der Waals surface area contributed by atoms with Gasteiger partial charge in [0, 0.05) is 7.11 Å². The minimum atomic E-state index is -0.505. The molecule has 0 spiro atoms. The van der Waals surface area contributed by atoms with Crippen molar-refractivity contribution in [1.82, 2.24) is 5.32 Å². The molecule has 0 saturated carbocycles. The number of hydrogen-bond acceptors (Lipinski definition) is 3. The van der Waals surface area contributed by atoms with Crippen LogP contribution in [0.2, 0.25) is 0 Å². The molecule has 0 unspecified atom stereocenters. The first kappa shape index (κ1) is 13.5. The number of alkyl carbamates (subject to hydrolysis) is 1. The standard InChI is InChI=1S/C13H19NO3/c1-4-13(17-3,10-14-12(15)16-2)11-8-6-5-7-9-11/h5-9H,4,10H2,1-3H3,(H,14,15)/t13-/m1/s1. The van der Waals surface area contributed by atoms with Crippen LogP contribution in [0.3, 0.4) is 0 Å². The molecule has 0 aliphatic rings. The van der Waals surface area contributed by atoms with Gasteiger partial charge in [0.1, 0.15) is 5.60 Å². The van der Waals surface area contributed by atoms with Crippen LogP contribution in [0.15, 0.2) is 30.3 Å². The van der Waals surface area contributed by atoms with Gasteiger partial charge in [0.25, 0.3) is 0 Å². The predicted octanol–water partition coefficient (Wildman–Crippen LogP) is 2.29. The summed E-state index contributed by atoms with van der Waals surface area (Å²) in [6.07, 6.45) is 0.313. The van der Waals surface area contributed by atoms with Crippen LogP contribution in [0.25, 0.3) is 0 Å². The van der Waals surface area contributed by atoms with Crippen LogP contribution < -0.4 is 5.32 Å². The highest BCUT2D eigenvalue weighted by atomic mass is 16.5. The van der Waals surface area contributed by atoms with Crippen molar-refractivity contribution < 1.29 is 14.3 Å². The Kier molecular flexibility index (Phi) is 4.97. The van der Waals surface area contributed by atoms with E-state index in [-0.39, 0.29) is 0 Å². The minimum Gasteiger partial charge on any atom is -0.453 e. The molecule has 1 aromatic carbocycles. The van der Waals surface area contributed by atoms with Crippen molar-refractivity contribution in [2.75, 3.05) is 20.8 Å². The molecule has 1 N–H and O–H groups in total. The highest BCUT2D eigenvalue weighted by molar-refractivity contribution is 5.67. The number of nitrogens with one attached hydrogen (secondary N) is 1. The smallest absolute Gasteiger partial charge is 0.406 e. The molecule has 0 aliphatic carbocycles. The van der Waals surface area contributed by atoms with Crippen LogP contribution in [-0.2, 0) is 15.1 Å². The molecule has 0 bridgehead atoms. The molecule has 1 rings (SSSR count). The van der Waals surface area contributed by atoms with Crippen LogP contribution in [0.1, 0.15) is 18.9 Å². The molecule has 1 aromatic rings. The third kappa shape index (κ3) is 3.20. The summed E-state index contributed by atoms with van der Waals surface area (Å²) in [5, 5.41) is 2.69. The molecule has 4 nitrogen and oxygen atoms in total. The normalized spacial score (nSPS) is 13.8. The van der Waals surface area contributed by atoms with E-state index >= 15 is 0 Å². The first-order valence-corrected chi connectivity index (χ1v) is 5.61. The summed E-state index contributed by atoms with van der Waals surface area (Å²) in [5.41, 5.74) is 0.538. The van der Waals surface area contributed by atoms with Crippen LogP contribution in [-0.4, -0.2) is 26.9 Å². The molecule has 0 fully saturated rings. The molecule has 1 atom stereocenters. The van der Waals surface area contributed by atoms with Gasteiger partial charge < -0.3 is 14.8 Å². The number of ether oxygens (including phenoxy) is 2. The Hall–Kier alpha value is -1.55. The molecular formula is C13H19NO3. The summed E-state index contributed by atoms with van der Waals surface area (Å²) in [6, 6.07) is 9.85. The number of methoxy groups -OCH3 is 2. The van der Waals surface area contributed by atoms with Crippen LogP contribution in [0.4, 0.5) is 4.79 Å². The van der Waals surface area contributed by atoms with Gasteiger partial charge in [-0.15, -0.1) is 0 Å². The minimum absolute atomic E-state index is 0.386. The van der Waals surface area contributed by atoms with Gasteiger partial charge in [0.15, 0.2) is 0 Å². The van der Waals surface area contributed by atoms with Gasteiger partial charge >= 0.3 is 6.09 Å². The lowest BCUT2D eigenvalue weighted by molar-refractivity contribution is -0.0168. The topological polar surface area (TPSA) is 47.6 Å². The third-order valence-corrected chi connectivity index (χ3v) is 2.97. The Labute approximate surface area is 102 Å². The van der Waals surface area contributed by atoms with Crippen molar-refractivity contribution in [2.45, 2.75) is 18.9 Å². The van der Waals surface area contributed by atoms with Crippen molar-refractivity contribution in [1.29, 1.82) is 0 Å². The van der Waals surface area contributed by atoms with E-state index in [1.165, 1.54) is 7.11 Å². The lowest BCUT2D eigenvalue weighted by atomic mass is 9.91. The van der Waals surface area contributed by atoms with Gasteiger partial charge in [-0.1, -0.05) is 37.3 Å². The number of hydrogen-bond donors (Lipinski definition) is 1. The van der Waals surface area contributed by atoms with Crippen molar-refractivity contribution >= 4 is 6.09 Å². The zero-order valence-electron chi connectivity index (χ0n) is 10.5. The number of carbonyl (C=O) groups is 1. The van der Waals surface area contributed by atoms with Crippen LogP contribution in [0, 0.1) is 0 Å². The maximum Gasteiger partial charge on any atom is 0.406 e. The molecule has 94 valence electrons. The molecule has 0 heterocycles. The number of amides is 1. The second-order valence-corrected chi connectivity index (χ2v) is 3.76. The van der Waals surface area contributed by atoms with Gasteiger partial charge in [-0.25, -0.2) is 4.79 Å². The van der Waals surface area contributed by atoms with E-state index in [1.54, 1.807) is 7.11 Å². The van der Waals surface area contributed by atoms with Gasteiger partial charge in [-0.3, -0.25) is 0 Å². The number of rotatable bonds is 5. The largest absolute Gasteiger partial charge is 0.453 e. The maximum atomic E-state index is 11.1. The first-order valence-electron chi connectivity index (χ1n) is 5.61. The fraction of sp³-hybridized carbons (Fsp3) is 0.462. The van der Waals surface area contributed by atoms with Gasteiger partial charge in [0.05, 0.1) is 13.7 Å². The average molecular weight is 237 g/mol. The fourth-order valence-electron chi connectivity index (χ4n) is 1.79. The summed E-state index contributed by atoms with van der Waals surface area (Å²) in [5.74, 6) is 0. The number of benzene rings is 1. The van der Waals surface area contributed by atoms with Gasteiger partial charge in [0.2, 0.25) is 0 Å². The second kappa shape index (κ2) is 6.25. The predicted molar refractivity (Wildman–Crippen MR) is 65.8 cm³/mol. The van der Waals surface area contributed by atoms with E-state index in [9.17, 15) is 4.79 Å². The Morgan fingerprint density at radius 2 is 1.94 bits per heavy atom. The molecular weight excluding hydrogens is 218 g/mol. The quantitative estimate of drug-likeness (QED) is 0.854. The van der Waals surface area contributed by atoms with Crippen molar-refractivity contribution in [2.24, 2.45) is 0 Å². The molecule has 17 heavy (non-hydrogen) atoms. The van der Waals surface area contributed by atoms with E-state index in [0.29, 0.717) is 6.54 Å². The highest BCUT2D eigenvalue weighted by Gasteiger charge is 2.30. The molecule has 0 aliphatic heterocycles. The average Bonchev–Trinajstić information content (AvgIpc) is 2.41. The number of carbonyl (C=O) groups excluding carboxylic acids is 1. The monoisotopic (exact) mass is 237 g/mol. The third-order valence-electron chi connectivity index (χ3n) is 2.97. The lowest BCUT2D eigenvalue weighted by Gasteiger charge is -2.31. The molecule has 0 aromatic heterocycles. The Morgan fingerprint density at radius 1 is 1.29 bits per heavy atom. The summed E-state index contributed by atoms with van der Waals surface area (Å²) in [7, 11) is 2.99. The zero-order chi connectivity index (χ0) is 12.7. The Balaban J connectivity index is 2.86. The van der Waals surface area contributed by atoms with Crippen LogP contribution in [0.5, 0.6) is 0 Å². The maximum absolute atomic E-state index is 11.1. The molecule has 4 heteroatoms. The van der Waals surface area contributed by atoms with Gasteiger partial charge in [-0.2, -0.15) is 0 Å². The van der Waals surface area contributed by atoms with E-state index in [0.717, 1.165) is 12.0 Å². The van der Waals surface area contributed by atoms with E-state index in [1.807, 2.05) is 37.3 Å².